The number of hydrogen-bond acceptors (Lipinski definition) is 2. The van der Waals surface area contributed by atoms with Crippen molar-refractivity contribution in [2.75, 3.05) is 6.61 Å². The van der Waals surface area contributed by atoms with Crippen LogP contribution < -0.4 is 0 Å². The van der Waals surface area contributed by atoms with E-state index in [-0.39, 0.29) is 5.97 Å². The van der Waals surface area contributed by atoms with E-state index in [1.54, 1.807) is 0 Å². The lowest BCUT2D eigenvalue weighted by atomic mass is 10.0. The number of esters is 1. The molecule has 2 heteroatoms. The van der Waals surface area contributed by atoms with Gasteiger partial charge in [0.05, 0.1) is 6.61 Å². The van der Waals surface area contributed by atoms with E-state index in [1.165, 1.54) is 392 Å². The lowest BCUT2D eigenvalue weighted by Gasteiger charge is -2.06. The fourth-order valence-corrected chi connectivity index (χ4v) is 11.2. The molecular weight excluding hydrogens is 849 g/mol. The van der Waals surface area contributed by atoms with Gasteiger partial charge in [0.1, 0.15) is 0 Å². The van der Waals surface area contributed by atoms with Crippen LogP contribution in [0.4, 0.5) is 0 Å². The molecule has 0 rings (SSSR count). The van der Waals surface area contributed by atoms with E-state index < -0.39 is 0 Å². The molecule has 0 unspecified atom stereocenters. The number of carbonyl (C=O) groups excluding carboxylic acids is 1. The topological polar surface area (TPSA) is 26.3 Å². The third-order valence-corrected chi connectivity index (χ3v) is 16.2. The Labute approximate surface area is 444 Å². The molecule has 70 heavy (non-hydrogen) atoms. The summed E-state index contributed by atoms with van der Waals surface area (Å²) >= 11 is 0. The average molecular weight is 986 g/mol. The second kappa shape index (κ2) is 66.5. The summed E-state index contributed by atoms with van der Waals surface area (Å²) in [5.41, 5.74) is 0. The molecule has 0 saturated heterocycles. The Kier molecular flexibility index (Phi) is 66.0. The van der Waals surface area contributed by atoms with E-state index in [0.717, 1.165) is 12.8 Å². The van der Waals surface area contributed by atoms with Gasteiger partial charge in [0, 0.05) is 6.42 Å². The van der Waals surface area contributed by atoms with Crippen molar-refractivity contribution >= 4 is 5.97 Å². The minimum atomic E-state index is 0.0379. The summed E-state index contributed by atoms with van der Waals surface area (Å²) in [4.78, 5) is 12.1. The maximum atomic E-state index is 12.1. The SMILES string of the molecule is CCCCCCCCCCCCCCCCCCCCCCCCCCCCCCCCCCCCCCCC(=O)OCCCCCCCCCCCCCCCCCCCCCCCCCCCC. The first-order valence-electron chi connectivity index (χ1n) is 34.0. The zero-order chi connectivity index (χ0) is 50.2. The molecule has 0 heterocycles. The first-order chi connectivity index (χ1) is 34.8. The van der Waals surface area contributed by atoms with Gasteiger partial charge in [-0.3, -0.25) is 4.79 Å². The maximum absolute atomic E-state index is 12.1. The van der Waals surface area contributed by atoms with E-state index in [2.05, 4.69) is 13.8 Å². The molecule has 0 fully saturated rings. The number of rotatable bonds is 65. The highest BCUT2D eigenvalue weighted by atomic mass is 16.5. The summed E-state index contributed by atoms with van der Waals surface area (Å²) in [6.07, 6.45) is 90.7. The van der Waals surface area contributed by atoms with Crippen molar-refractivity contribution < 1.29 is 9.53 Å². The van der Waals surface area contributed by atoms with Gasteiger partial charge in [-0.1, -0.05) is 406 Å². The monoisotopic (exact) mass is 985 g/mol. The molecule has 0 aliphatic heterocycles. The number of carbonyl (C=O) groups is 1. The molecule has 0 bridgehead atoms. The Morgan fingerprint density at radius 1 is 0.186 bits per heavy atom. The largest absolute Gasteiger partial charge is 0.466 e. The summed E-state index contributed by atoms with van der Waals surface area (Å²) in [6, 6.07) is 0. The summed E-state index contributed by atoms with van der Waals surface area (Å²) in [5.74, 6) is 0.0379. The molecule has 0 aliphatic carbocycles. The lowest BCUT2D eigenvalue weighted by Crippen LogP contribution is -2.05. The molecule has 0 radical (unpaired) electrons. The Bertz CT molecular complexity index is 898. The van der Waals surface area contributed by atoms with Crippen LogP contribution in [-0.2, 0) is 9.53 Å². The van der Waals surface area contributed by atoms with Crippen LogP contribution in [0.3, 0.4) is 0 Å². The minimum absolute atomic E-state index is 0.0379. The van der Waals surface area contributed by atoms with Gasteiger partial charge in [-0.2, -0.15) is 0 Å². The molecule has 0 spiro atoms. The smallest absolute Gasteiger partial charge is 0.305 e. The summed E-state index contributed by atoms with van der Waals surface area (Å²) in [5, 5.41) is 0. The Balaban J connectivity index is 3.14. The third-order valence-electron chi connectivity index (χ3n) is 16.2. The van der Waals surface area contributed by atoms with E-state index >= 15 is 0 Å². The molecular formula is C68H136O2. The van der Waals surface area contributed by atoms with E-state index in [0.29, 0.717) is 13.0 Å². The summed E-state index contributed by atoms with van der Waals surface area (Å²) in [7, 11) is 0. The highest BCUT2D eigenvalue weighted by Gasteiger charge is 2.04. The maximum Gasteiger partial charge on any atom is 0.305 e. The van der Waals surface area contributed by atoms with Crippen molar-refractivity contribution in [3.63, 3.8) is 0 Å². The molecule has 0 N–H and O–H groups in total. The summed E-state index contributed by atoms with van der Waals surface area (Å²) in [6.45, 7) is 5.26. The highest BCUT2D eigenvalue weighted by molar-refractivity contribution is 5.69. The fourth-order valence-electron chi connectivity index (χ4n) is 11.2. The number of ether oxygens (including phenoxy) is 1. The molecule has 0 amide bonds. The van der Waals surface area contributed by atoms with Crippen LogP contribution >= 0.6 is 0 Å². The number of unbranched alkanes of at least 4 members (excludes halogenated alkanes) is 61. The molecule has 2 nitrogen and oxygen atoms in total. The van der Waals surface area contributed by atoms with Gasteiger partial charge in [0.25, 0.3) is 0 Å². The van der Waals surface area contributed by atoms with Gasteiger partial charge in [-0.25, -0.2) is 0 Å². The van der Waals surface area contributed by atoms with Crippen molar-refractivity contribution in [3.8, 4) is 0 Å². The first kappa shape index (κ1) is 69.5. The fraction of sp³-hybridized carbons (Fsp3) is 0.985. The summed E-state index contributed by atoms with van der Waals surface area (Å²) < 4.78 is 5.53. The van der Waals surface area contributed by atoms with Crippen LogP contribution in [0.5, 0.6) is 0 Å². The Morgan fingerprint density at radius 2 is 0.314 bits per heavy atom. The molecule has 0 aromatic heterocycles. The molecule has 0 saturated carbocycles. The number of hydrogen-bond donors (Lipinski definition) is 0. The molecule has 420 valence electrons. The van der Waals surface area contributed by atoms with Gasteiger partial charge in [0.15, 0.2) is 0 Å². The van der Waals surface area contributed by atoms with Crippen molar-refractivity contribution in [2.45, 2.75) is 425 Å². The molecule has 0 aliphatic rings. The van der Waals surface area contributed by atoms with Crippen LogP contribution in [0.1, 0.15) is 425 Å². The van der Waals surface area contributed by atoms with Gasteiger partial charge >= 0.3 is 5.97 Å². The van der Waals surface area contributed by atoms with E-state index in [9.17, 15) is 4.79 Å². The lowest BCUT2D eigenvalue weighted by molar-refractivity contribution is -0.143. The van der Waals surface area contributed by atoms with E-state index in [4.69, 9.17) is 4.74 Å². The van der Waals surface area contributed by atoms with Crippen LogP contribution in [0.2, 0.25) is 0 Å². The van der Waals surface area contributed by atoms with Crippen LogP contribution in [-0.4, -0.2) is 12.6 Å². The van der Waals surface area contributed by atoms with E-state index in [1.807, 2.05) is 0 Å². The van der Waals surface area contributed by atoms with Crippen LogP contribution in [0.15, 0.2) is 0 Å². The zero-order valence-corrected chi connectivity index (χ0v) is 49.3. The predicted molar refractivity (Wildman–Crippen MR) is 318 cm³/mol. The van der Waals surface area contributed by atoms with Gasteiger partial charge in [-0.15, -0.1) is 0 Å². The standard InChI is InChI=1S/C68H136O2/c1-3-5-7-9-11-13-15-17-19-21-23-25-27-29-31-32-33-34-35-36-37-38-39-40-41-42-44-46-48-50-52-54-56-58-60-62-64-66-68(69)70-67-65-63-61-59-57-55-53-51-49-47-45-43-30-28-26-24-22-20-18-16-14-12-10-8-6-4-2/h3-67H2,1-2H3. The van der Waals surface area contributed by atoms with Crippen molar-refractivity contribution in [1.82, 2.24) is 0 Å². The predicted octanol–water partition coefficient (Wildman–Crippen LogP) is 25.5. The average Bonchev–Trinajstić information content (AvgIpc) is 3.37. The van der Waals surface area contributed by atoms with Crippen LogP contribution in [0, 0.1) is 0 Å². The molecule has 0 aromatic carbocycles. The van der Waals surface area contributed by atoms with Gasteiger partial charge in [0.2, 0.25) is 0 Å². The van der Waals surface area contributed by atoms with Crippen LogP contribution in [0.25, 0.3) is 0 Å². The van der Waals surface area contributed by atoms with Gasteiger partial charge < -0.3 is 4.74 Å². The Morgan fingerprint density at radius 3 is 0.471 bits per heavy atom. The normalized spacial score (nSPS) is 11.6. The van der Waals surface area contributed by atoms with Crippen molar-refractivity contribution in [2.24, 2.45) is 0 Å². The molecule has 0 aromatic rings. The van der Waals surface area contributed by atoms with Gasteiger partial charge in [-0.05, 0) is 12.8 Å². The highest BCUT2D eigenvalue weighted by Crippen LogP contribution is 2.20. The molecule has 0 atom stereocenters. The van der Waals surface area contributed by atoms with Crippen molar-refractivity contribution in [1.29, 1.82) is 0 Å². The quantitative estimate of drug-likeness (QED) is 0.0448. The van der Waals surface area contributed by atoms with Crippen molar-refractivity contribution in [3.05, 3.63) is 0 Å². The third kappa shape index (κ3) is 65.5. The second-order valence-corrected chi connectivity index (χ2v) is 23.5. The first-order valence-corrected chi connectivity index (χ1v) is 34.0. The minimum Gasteiger partial charge on any atom is -0.466 e. The second-order valence-electron chi connectivity index (χ2n) is 23.5. The zero-order valence-electron chi connectivity index (χ0n) is 49.3. The Hall–Kier alpha value is -0.530.